The molecule has 0 unspecified atom stereocenters. The molecule has 0 bridgehead atoms. The first-order chi connectivity index (χ1) is 9.84. The second-order valence-corrected chi connectivity index (χ2v) is 5.28. The van der Waals surface area contributed by atoms with Gasteiger partial charge in [-0.3, -0.25) is 9.78 Å². The molecule has 5 nitrogen and oxygen atoms in total. The molecule has 0 saturated heterocycles. The summed E-state index contributed by atoms with van der Waals surface area (Å²) < 4.78 is 15.6. The highest BCUT2D eigenvalue weighted by Gasteiger charge is 2.33. The van der Waals surface area contributed by atoms with Crippen molar-refractivity contribution in [1.82, 2.24) is 14.8 Å². The highest BCUT2D eigenvalue weighted by molar-refractivity contribution is 5.99. The zero-order valence-electron chi connectivity index (χ0n) is 12.7. The standard InChI is InChI=1S/C15H19FN4O/c1-5-19(14(21)15(3,4)16)13-10-20(18-11(13)2)12-7-6-8-17-9-12/h6-10H,5H2,1-4H3. The Kier molecular flexibility index (Phi) is 4.06. The SMILES string of the molecule is CCN(C(=O)C(C)(C)F)c1cn(-c2cccnc2)nc1C. The summed E-state index contributed by atoms with van der Waals surface area (Å²) in [4.78, 5) is 17.6. The van der Waals surface area contributed by atoms with Crippen molar-refractivity contribution in [2.45, 2.75) is 33.4 Å². The lowest BCUT2D eigenvalue weighted by molar-refractivity contribution is -0.127. The molecular weight excluding hydrogens is 271 g/mol. The van der Waals surface area contributed by atoms with Crippen LogP contribution in [-0.4, -0.2) is 32.9 Å². The second-order valence-electron chi connectivity index (χ2n) is 5.28. The molecule has 0 aliphatic carbocycles. The molecule has 0 spiro atoms. The number of amides is 1. The summed E-state index contributed by atoms with van der Waals surface area (Å²) in [7, 11) is 0. The average molecular weight is 290 g/mol. The van der Waals surface area contributed by atoms with E-state index in [-0.39, 0.29) is 0 Å². The van der Waals surface area contributed by atoms with Gasteiger partial charge in [0.2, 0.25) is 0 Å². The quantitative estimate of drug-likeness (QED) is 0.870. The molecule has 0 N–H and O–H groups in total. The van der Waals surface area contributed by atoms with Crippen molar-refractivity contribution in [2.75, 3.05) is 11.4 Å². The Morgan fingerprint density at radius 2 is 2.19 bits per heavy atom. The Balaban J connectivity index is 2.40. The van der Waals surface area contributed by atoms with Gasteiger partial charge in [-0.05, 0) is 39.8 Å². The van der Waals surface area contributed by atoms with Crippen LogP contribution in [0, 0.1) is 6.92 Å². The van der Waals surface area contributed by atoms with Gasteiger partial charge in [0.25, 0.3) is 5.91 Å². The predicted octanol–water partition coefficient (Wildman–Crippen LogP) is 2.68. The molecule has 0 aliphatic heterocycles. The van der Waals surface area contributed by atoms with Crippen LogP contribution in [0.1, 0.15) is 26.5 Å². The van der Waals surface area contributed by atoms with E-state index in [1.165, 1.54) is 18.7 Å². The van der Waals surface area contributed by atoms with Crippen LogP contribution in [0.25, 0.3) is 5.69 Å². The first-order valence-corrected chi connectivity index (χ1v) is 6.82. The fourth-order valence-corrected chi connectivity index (χ4v) is 2.08. The molecule has 2 aromatic heterocycles. The van der Waals surface area contributed by atoms with Gasteiger partial charge in [-0.25, -0.2) is 9.07 Å². The van der Waals surface area contributed by atoms with E-state index >= 15 is 0 Å². The summed E-state index contributed by atoms with van der Waals surface area (Å²) in [5, 5.41) is 4.37. The minimum atomic E-state index is -1.92. The van der Waals surface area contributed by atoms with Crippen LogP contribution in [0.3, 0.4) is 0 Å². The number of aryl methyl sites for hydroxylation is 1. The van der Waals surface area contributed by atoms with Crippen LogP contribution < -0.4 is 4.90 Å². The number of anilines is 1. The summed E-state index contributed by atoms with van der Waals surface area (Å²) in [6.07, 6.45) is 5.07. The fourth-order valence-electron chi connectivity index (χ4n) is 2.08. The molecule has 0 fully saturated rings. The number of halogens is 1. The molecule has 21 heavy (non-hydrogen) atoms. The van der Waals surface area contributed by atoms with E-state index in [1.807, 2.05) is 13.0 Å². The van der Waals surface area contributed by atoms with Gasteiger partial charge in [-0.15, -0.1) is 0 Å². The lowest BCUT2D eigenvalue weighted by Crippen LogP contribution is -2.42. The third-order valence-corrected chi connectivity index (χ3v) is 3.14. The van der Waals surface area contributed by atoms with E-state index in [1.54, 1.807) is 36.3 Å². The third kappa shape index (κ3) is 3.09. The van der Waals surface area contributed by atoms with Gasteiger partial charge in [0.1, 0.15) is 0 Å². The predicted molar refractivity (Wildman–Crippen MR) is 79.3 cm³/mol. The van der Waals surface area contributed by atoms with Crippen molar-refractivity contribution in [3.05, 3.63) is 36.4 Å². The zero-order valence-corrected chi connectivity index (χ0v) is 12.7. The number of carbonyl (C=O) groups is 1. The zero-order chi connectivity index (χ0) is 15.6. The molecule has 112 valence electrons. The van der Waals surface area contributed by atoms with Gasteiger partial charge in [0.15, 0.2) is 5.67 Å². The lowest BCUT2D eigenvalue weighted by Gasteiger charge is -2.25. The number of pyridine rings is 1. The topological polar surface area (TPSA) is 51.0 Å². The van der Waals surface area contributed by atoms with Crippen LogP contribution in [0.5, 0.6) is 0 Å². The number of nitrogens with zero attached hydrogens (tertiary/aromatic N) is 4. The van der Waals surface area contributed by atoms with Gasteiger partial charge in [-0.1, -0.05) is 0 Å². The lowest BCUT2D eigenvalue weighted by atomic mass is 10.1. The minimum absolute atomic E-state index is 0.381. The van der Waals surface area contributed by atoms with E-state index < -0.39 is 11.6 Å². The molecule has 2 aromatic rings. The number of hydrogen-bond acceptors (Lipinski definition) is 3. The Labute approximate surface area is 123 Å². The van der Waals surface area contributed by atoms with E-state index in [2.05, 4.69) is 10.1 Å². The van der Waals surface area contributed by atoms with E-state index in [9.17, 15) is 9.18 Å². The molecular formula is C15H19FN4O. The van der Waals surface area contributed by atoms with Crippen molar-refractivity contribution in [3.8, 4) is 5.69 Å². The summed E-state index contributed by atoms with van der Waals surface area (Å²) in [5.74, 6) is -0.571. The van der Waals surface area contributed by atoms with Crippen LogP contribution >= 0.6 is 0 Å². The largest absolute Gasteiger partial charge is 0.307 e. The monoisotopic (exact) mass is 290 g/mol. The van der Waals surface area contributed by atoms with Crippen LogP contribution in [0.4, 0.5) is 10.1 Å². The Hall–Kier alpha value is -2.24. The second kappa shape index (κ2) is 5.63. The summed E-state index contributed by atoms with van der Waals surface area (Å²) >= 11 is 0. The van der Waals surface area contributed by atoms with Gasteiger partial charge in [-0.2, -0.15) is 5.10 Å². The number of alkyl halides is 1. The Bertz CT molecular complexity index is 631. The summed E-state index contributed by atoms with van der Waals surface area (Å²) in [6, 6.07) is 3.67. The Morgan fingerprint density at radius 3 is 2.71 bits per heavy atom. The van der Waals surface area contributed by atoms with E-state index in [4.69, 9.17) is 0 Å². The van der Waals surface area contributed by atoms with Crippen LogP contribution in [0.15, 0.2) is 30.7 Å². The first kappa shape index (κ1) is 15.2. The minimum Gasteiger partial charge on any atom is -0.307 e. The fraction of sp³-hybridized carbons (Fsp3) is 0.400. The number of aromatic nitrogens is 3. The summed E-state index contributed by atoms with van der Waals surface area (Å²) in [5.41, 5.74) is 0.143. The van der Waals surface area contributed by atoms with Crippen molar-refractivity contribution in [3.63, 3.8) is 0 Å². The van der Waals surface area contributed by atoms with Crippen LogP contribution in [0.2, 0.25) is 0 Å². The molecule has 0 atom stereocenters. The smallest absolute Gasteiger partial charge is 0.264 e. The maximum absolute atomic E-state index is 13.9. The van der Waals surface area contributed by atoms with E-state index in [0.717, 1.165) is 5.69 Å². The van der Waals surface area contributed by atoms with Crippen molar-refractivity contribution in [2.24, 2.45) is 0 Å². The molecule has 1 amide bonds. The molecule has 0 aromatic carbocycles. The first-order valence-electron chi connectivity index (χ1n) is 6.82. The van der Waals surface area contributed by atoms with Crippen molar-refractivity contribution >= 4 is 11.6 Å². The molecule has 0 aliphatic rings. The van der Waals surface area contributed by atoms with E-state index in [0.29, 0.717) is 17.9 Å². The van der Waals surface area contributed by atoms with Crippen LogP contribution in [-0.2, 0) is 4.79 Å². The maximum atomic E-state index is 13.9. The van der Waals surface area contributed by atoms with Crippen molar-refractivity contribution in [1.29, 1.82) is 0 Å². The molecule has 0 radical (unpaired) electrons. The maximum Gasteiger partial charge on any atom is 0.264 e. The highest BCUT2D eigenvalue weighted by Crippen LogP contribution is 2.24. The number of rotatable bonds is 4. The number of hydrogen-bond donors (Lipinski definition) is 0. The normalized spacial score (nSPS) is 11.5. The van der Waals surface area contributed by atoms with Gasteiger partial charge < -0.3 is 4.90 Å². The van der Waals surface area contributed by atoms with Gasteiger partial charge in [0.05, 0.1) is 29.5 Å². The molecule has 2 rings (SSSR count). The van der Waals surface area contributed by atoms with Crippen molar-refractivity contribution < 1.29 is 9.18 Å². The average Bonchev–Trinajstić information content (AvgIpc) is 2.82. The summed E-state index contributed by atoms with van der Waals surface area (Å²) in [6.45, 7) is 6.51. The highest BCUT2D eigenvalue weighted by atomic mass is 19.1. The molecule has 0 saturated carbocycles. The van der Waals surface area contributed by atoms with Gasteiger partial charge >= 0.3 is 0 Å². The molecule has 2 heterocycles. The third-order valence-electron chi connectivity index (χ3n) is 3.14. The Morgan fingerprint density at radius 1 is 1.48 bits per heavy atom. The number of carbonyl (C=O) groups excluding carboxylic acids is 1. The van der Waals surface area contributed by atoms with Gasteiger partial charge in [0, 0.05) is 12.7 Å². The molecule has 6 heteroatoms.